The molecule has 1 aromatic carbocycles. The van der Waals surface area contributed by atoms with Gasteiger partial charge in [0.25, 0.3) is 0 Å². The molecule has 0 spiro atoms. The first-order valence-electron chi connectivity index (χ1n) is 7.98. The lowest BCUT2D eigenvalue weighted by Gasteiger charge is -2.22. The number of methoxy groups -OCH3 is 1. The molecule has 128 valence electrons. The first kappa shape index (κ1) is 18.9. The lowest BCUT2D eigenvalue weighted by atomic mass is 10.2. The summed E-state index contributed by atoms with van der Waals surface area (Å²) in [7, 11) is 5.49. The van der Waals surface area contributed by atoms with Gasteiger partial charge in [-0.2, -0.15) is 0 Å². The highest BCUT2D eigenvalue weighted by atomic mass is 16.5. The molecule has 0 saturated carbocycles. The molecule has 1 N–H and O–H groups in total. The number of ether oxygens (including phenoxy) is 2. The summed E-state index contributed by atoms with van der Waals surface area (Å²) in [6.45, 7) is 7.95. The minimum atomic E-state index is 0.621. The summed E-state index contributed by atoms with van der Waals surface area (Å²) in [6.07, 6.45) is 4.02. The zero-order valence-electron chi connectivity index (χ0n) is 14.8. The summed E-state index contributed by atoms with van der Waals surface area (Å²) in [4.78, 5) is 6.44. The molecule has 23 heavy (non-hydrogen) atoms. The molecule has 1 rings (SSSR count). The zero-order valence-corrected chi connectivity index (χ0v) is 14.8. The van der Waals surface area contributed by atoms with Crippen molar-refractivity contribution in [1.29, 1.82) is 0 Å². The van der Waals surface area contributed by atoms with Gasteiger partial charge < -0.3 is 19.7 Å². The van der Waals surface area contributed by atoms with Crippen LogP contribution in [0.5, 0.6) is 11.5 Å². The minimum Gasteiger partial charge on any atom is -0.493 e. The van der Waals surface area contributed by atoms with Crippen LogP contribution in [-0.2, 0) is 6.54 Å². The van der Waals surface area contributed by atoms with Crippen molar-refractivity contribution in [2.75, 3.05) is 34.4 Å². The van der Waals surface area contributed by atoms with Crippen LogP contribution < -0.4 is 14.8 Å². The van der Waals surface area contributed by atoms with Crippen LogP contribution in [-0.4, -0.2) is 45.2 Å². The number of aliphatic imine (C=N–C) groups is 1. The van der Waals surface area contributed by atoms with E-state index in [1.807, 2.05) is 38.2 Å². The van der Waals surface area contributed by atoms with Gasteiger partial charge in [0, 0.05) is 27.2 Å². The molecule has 0 radical (unpaired) electrons. The van der Waals surface area contributed by atoms with Gasteiger partial charge in [-0.05, 0) is 37.5 Å². The predicted molar refractivity (Wildman–Crippen MR) is 96.4 cm³/mol. The van der Waals surface area contributed by atoms with Gasteiger partial charge in [-0.3, -0.25) is 4.99 Å². The van der Waals surface area contributed by atoms with E-state index in [1.165, 1.54) is 0 Å². The lowest BCUT2D eigenvalue weighted by molar-refractivity contribution is 0.310. The summed E-state index contributed by atoms with van der Waals surface area (Å²) in [6, 6.07) is 5.96. The van der Waals surface area contributed by atoms with E-state index >= 15 is 0 Å². The highest BCUT2D eigenvalue weighted by molar-refractivity contribution is 5.79. The Morgan fingerprint density at radius 3 is 2.78 bits per heavy atom. The Kier molecular flexibility index (Phi) is 8.65. The fourth-order valence-corrected chi connectivity index (χ4v) is 2.24. The SMILES string of the molecule is C=CCCCN(C)C(=NC)NCc1ccc(OCC)c(OC)c1. The van der Waals surface area contributed by atoms with Gasteiger partial charge in [0.1, 0.15) is 0 Å². The normalized spacial score (nSPS) is 11.0. The van der Waals surface area contributed by atoms with E-state index in [1.54, 1.807) is 14.2 Å². The van der Waals surface area contributed by atoms with E-state index < -0.39 is 0 Å². The fourth-order valence-electron chi connectivity index (χ4n) is 2.24. The van der Waals surface area contributed by atoms with Crippen molar-refractivity contribution in [3.63, 3.8) is 0 Å². The summed E-state index contributed by atoms with van der Waals surface area (Å²) < 4.78 is 10.9. The molecule has 1 aromatic rings. The first-order chi connectivity index (χ1) is 11.2. The average Bonchev–Trinajstić information content (AvgIpc) is 2.57. The Labute approximate surface area is 140 Å². The molecule has 0 aliphatic heterocycles. The maximum absolute atomic E-state index is 5.54. The quantitative estimate of drug-likeness (QED) is 0.329. The third kappa shape index (κ3) is 6.22. The van der Waals surface area contributed by atoms with Gasteiger partial charge in [0.05, 0.1) is 13.7 Å². The molecule has 5 heteroatoms. The number of benzene rings is 1. The molecule has 0 bridgehead atoms. The predicted octanol–water partition coefficient (Wildman–Crippen LogP) is 3.07. The van der Waals surface area contributed by atoms with E-state index in [9.17, 15) is 0 Å². The van der Waals surface area contributed by atoms with E-state index in [0.717, 1.165) is 42.4 Å². The van der Waals surface area contributed by atoms with Gasteiger partial charge in [0.2, 0.25) is 0 Å². The fraction of sp³-hybridized carbons (Fsp3) is 0.500. The number of nitrogens with zero attached hydrogens (tertiary/aromatic N) is 2. The second kappa shape index (κ2) is 10.5. The topological polar surface area (TPSA) is 46.1 Å². The van der Waals surface area contributed by atoms with E-state index in [4.69, 9.17) is 9.47 Å². The van der Waals surface area contributed by atoms with Gasteiger partial charge in [-0.1, -0.05) is 12.1 Å². The van der Waals surface area contributed by atoms with Crippen LogP contribution >= 0.6 is 0 Å². The molecule has 0 aromatic heterocycles. The number of guanidine groups is 1. The highest BCUT2D eigenvalue weighted by Gasteiger charge is 2.08. The van der Waals surface area contributed by atoms with Gasteiger partial charge in [-0.15, -0.1) is 6.58 Å². The Balaban J connectivity index is 2.63. The molecular weight excluding hydrogens is 290 g/mol. The van der Waals surface area contributed by atoms with Crippen molar-refractivity contribution in [1.82, 2.24) is 10.2 Å². The van der Waals surface area contributed by atoms with E-state index in [0.29, 0.717) is 13.2 Å². The van der Waals surface area contributed by atoms with Crippen molar-refractivity contribution in [2.24, 2.45) is 4.99 Å². The maximum atomic E-state index is 5.54. The molecule has 0 aliphatic carbocycles. The molecule has 0 saturated heterocycles. The van der Waals surface area contributed by atoms with Crippen molar-refractivity contribution < 1.29 is 9.47 Å². The third-order valence-corrected chi connectivity index (χ3v) is 3.45. The molecule has 0 amide bonds. The molecular formula is C18H29N3O2. The molecule has 0 aliphatic rings. The maximum Gasteiger partial charge on any atom is 0.193 e. The number of nitrogens with one attached hydrogen (secondary N) is 1. The van der Waals surface area contributed by atoms with Crippen LogP contribution in [0.1, 0.15) is 25.3 Å². The van der Waals surface area contributed by atoms with E-state index in [-0.39, 0.29) is 0 Å². The Hall–Kier alpha value is -2.17. The van der Waals surface area contributed by atoms with Gasteiger partial charge >= 0.3 is 0 Å². The summed E-state index contributed by atoms with van der Waals surface area (Å²) in [5.41, 5.74) is 1.12. The molecule has 0 fully saturated rings. The molecule has 5 nitrogen and oxygen atoms in total. The number of rotatable bonds is 9. The lowest BCUT2D eigenvalue weighted by Crippen LogP contribution is -2.38. The second-order valence-corrected chi connectivity index (χ2v) is 5.17. The van der Waals surface area contributed by atoms with Crippen LogP contribution in [0.25, 0.3) is 0 Å². The standard InChI is InChI=1S/C18H29N3O2/c1-6-8-9-12-21(4)18(19-3)20-14-15-10-11-16(23-7-2)17(13-15)22-5/h6,10-11,13H,1,7-9,12,14H2,2-5H3,(H,19,20). The Morgan fingerprint density at radius 2 is 2.17 bits per heavy atom. The smallest absolute Gasteiger partial charge is 0.193 e. The van der Waals surface area contributed by atoms with Crippen LogP contribution in [0.2, 0.25) is 0 Å². The number of unbranched alkanes of at least 4 members (excludes halogenated alkanes) is 1. The minimum absolute atomic E-state index is 0.621. The average molecular weight is 319 g/mol. The number of allylic oxidation sites excluding steroid dienone is 1. The van der Waals surface area contributed by atoms with Crippen LogP contribution in [0.4, 0.5) is 0 Å². The second-order valence-electron chi connectivity index (χ2n) is 5.17. The number of hydrogen-bond donors (Lipinski definition) is 1. The summed E-state index contributed by atoms with van der Waals surface area (Å²) in [5, 5.41) is 3.37. The van der Waals surface area contributed by atoms with Crippen LogP contribution in [0, 0.1) is 0 Å². The molecule has 0 atom stereocenters. The van der Waals surface area contributed by atoms with Gasteiger partial charge in [0.15, 0.2) is 17.5 Å². The zero-order chi connectivity index (χ0) is 17.1. The summed E-state index contributed by atoms with van der Waals surface area (Å²) >= 11 is 0. The Bertz CT molecular complexity index is 515. The van der Waals surface area contributed by atoms with Crippen molar-refractivity contribution >= 4 is 5.96 Å². The highest BCUT2D eigenvalue weighted by Crippen LogP contribution is 2.27. The first-order valence-corrected chi connectivity index (χ1v) is 7.98. The van der Waals surface area contributed by atoms with Crippen molar-refractivity contribution in [2.45, 2.75) is 26.3 Å². The molecule has 0 heterocycles. The van der Waals surface area contributed by atoms with Gasteiger partial charge in [-0.25, -0.2) is 0 Å². The molecule has 0 unspecified atom stereocenters. The monoisotopic (exact) mass is 319 g/mol. The number of hydrogen-bond acceptors (Lipinski definition) is 3. The van der Waals surface area contributed by atoms with Crippen LogP contribution in [0.15, 0.2) is 35.8 Å². The van der Waals surface area contributed by atoms with Crippen molar-refractivity contribution in [3.8, 4) is 11.5 Å². The van der Waals surface area contributed by atoms with Crippen molar-refractivity contribution in [3.05, 3.63) is 36.4 Å². The van der Waals surface area contributed by atoms with E-state index in [2.05, 4.69) is 21.8 Å². The third-order valence-electron chi connectivity index (χ3n) is 3.45. The summed E-state index contributed by atoms with van der Waals surface area (Å²) in [5.74, 6) is 2.40. The Morgan fingerprint density at radius 1 is 1.39 bits per heavy atom. The van der Waals surface area contributed by atoms with Crippen LogP contribution in [0.3, 0.4) is 0 Å². The largest absolute Gasteiger partial charge is 0.493 e.